The van der Waals surface area contributed by atoms with Crippen molar-refractivity contribution in [2.24, 2.45) is 14.1 Å². The highest BCUT2D eigenvalue weighted by atomic mass is 16.2. The van der Waals surface area contributed by atoms with Gasteiger partial charge >= 0.3 is 5.69 Å². The van der Waals surface area contributed by atoms with Crippen LogP contribution in [-0.2, 0) is 27.1 Å². The van der Waals surface area contributed by atoms with Crippen LogP contribution in [0.2, 0.25) is 0 Å². The molecule has 0 saturated heterocycles. The number of hydrogen-bond donors (Lipinski definition) is 2. The van der Waals surface area contributed by atoms with Crippen LogP contribution < -0.4 is 16.6 Å². The van der Waals surface area contributed by atoms with Gasteiger partial charge in [0.15, 0.2) is 0 Å². The van der Waals surface area contributed by atoms with E-state index in [1.807, 2.05) is 12.3 Å². The van der Waals surface area contributed by atoms with Crippen LogP contribution in [0.5, 0.6) is 0 Å². The first kappa shape index (κ1) is 16.3. The van der Waals surface area contributed by atoms with Crippen LogP contribution in [0, 0.1) is 6.92 Å². The quantitative estimate of drug-likeness (QED) is 0.692. The average Bonchev–Trinajstić information content (AvgIpc) is 2.98. The molecule has 0 aliphatic carbocycles. The summed E-state index contributed by atoms with van der Waals surface area (Å²) in [7, 11) is 3.16. The minimum absolute atomic E-state index is 0.242. The Balaban J connectivity index is 1.68. The lowest BCUT2D eigenvalue weighted by Crippen LogP contribution is -2.39. The van der Waals surface area contributed by atoms with Crippen molar-refractivity contribution in [1.29, 1.82) is 0 Å². The Kier molecular flexibility index (Phi) is 4.40. The number of nitrogens with zero attached hydrogens (tertiary/aromatic N) is 2. The van der Waals surface area contributed by atoms with Crippen molar-refractivity contribution < 1.29 is 0 Å². The first-order valence-corrected chi connectivity index (χ1v) is 8.01. The average molecular weight is 326 g/mol. The van der Waals surface area contributed by atoms with Crippen molar-refractivity contribution in [3.63, 3.8) is 0 Å². The van der Waals surface area contributed by atoms with Gasteiger partial charge in [0.25, 0.3) is 5.56 Å². The maximum Gasteiger partial charge on any atom is 0.330 e. The molecular weight excluding hydrogens is 304 g/mol. The van der Waals surface area contributed by atoms with Crippen molar-refractivity contribution in [2.75, 3.05) is 6.54 Å². The normalized spacial score (nSPS) is 11.3. The number of benzene rings is 1. The van der Waals surface area contributed by atoms with Gasteiger partial charge in [0, 0.05) is 49.5 Å². The van der Waals surface area contributed by atoms with Crippen LogP contribution >= 0.6 is 0 Å². The van der Waals surface area contributed by atoms with E-state index in [1.165, 1.54) is 28.1 Å². The highest BCUT2D eigenvalue weighted by molar-refractivity contribution is 5.86. The van der Waals surface area contributed by atoms with E-state index in [2.05, 4.69) is 29.4 Å². The maximum absolute atomic E-state index is 12.1. The van der Waals surface area contributed by atoms with Crippen molar-refractivity contribution in [3.05, 3.63) is 68.1 Å². The number of fused-ring (bicyclic) bond motifs is 1. The van der Waals surface area contributed by atoms with Crippen molar-refractivity contribution in [3.8, 4) is 0 Å². The zero-order chi connectivity index (χ0) is 17.3. The van der Waals surface area contributed by atoms with Gasteiger partial charge in [-0.2, -0.15) is 0 Å². The molecule has 6 nitrogen and oxygen atoms in total. The molecule has 3 rings (SSSR count). The number of aromatic amines is 1. The summed E-state index contributed by atoms with van der Waals surface area (Å²) in [5, 5.41) is 4.57. The third kappa shape index (κ3) is 2.92. The summed E-state index contributed by atoms with van der Waals surface area (Å²) in [6.45, 7) is 3.32. The predicted molar refractivity (Wildman–Crippen MR) is 95.4 cm³/mol. The standard InChI is InChI=1S/C18H22N4O2/c1-12-5-4-6-15-16(12)13(10-20-15)7-8-19-9-14-11-21(2)18(24)22(3)17(14)23/h4-6,10-11,19-20H,7-9H2,1-3H3. The first-order valence-electron chi connectivity index (χ1n) is 8.01. The molecule has 0 bridgehead atoms. The van der Waals surface area contributed by atoms with Gasteiger partial charge in [0.2, 0.25) is 0 Å². The molecule has 0 aliphatic rings. The lowest BCUT2D eigenvalue weighted by atomic mass is 10.1. The SMILES string of the molecule is Cc1cccc2[nH]cc(CCNCc3cn(C)c(=O)n(C)c3=O)c12. The van der Waals surface area contributed by atoms with Gasteiger partial charge in [-0.1, -0.05) is 12.1 Å². The van der Waals surface area contributed by atoms with Gasteiger partial charge in [-0.05, 0) is 37.1 Å². The Morgan fingerprint density at radius 3 is 2.75 bits per heavy atom. The van der Waals surface area contributed by atoms with Crippen LogP contribution in [0.4, 0.5) is 0 Å². The molecule has 0 radical (unpaired) electrons. The third-order valence-electron chi connectivity index (χ3n) is 4.40. The van der Waals surface area contributed by atoms with Gasteiger partial charge in [0.1, 0.15) is 0 Å². The number of nitrogens with one attached hydrogen (secondary N) is 2. The zero-order valence-corrected chi connectivity index (χ0v) is 14.2. The smallest absolute Gasteiger partial charge is 0.330 e. The van der Waals surface area contributed by atoms with Crippen molar-refractivity contribution in [2.45, 2.75) is 19.9 Å². The summed E-state index contributed by atoms with van der Waals surface area (Å²) >= 11 is 0. The second-order valence-electron chi connectivity index (χ2n) is 6.15. The highest BCUT2D eigenvalue weighted by Gasteiger charge is 2.08. The van der Waals surface area contributed by atoms with Crippen molar-refractivity contribution in [1.82, 2.24) is 19.4 Å². The maximum atomic E-state index is 12.1. The van der Waals surface area contributed by atoms with E-state index in [0.717, 1.165) is 23.0 Å². The fourth-order valence-electron chi connectivity index (χ4n) is 3.10. The lowest BCUT2D eigenvalue weighted by Gasteiger charge is -2.08. The minimum Gasteiger partial charge on any atom is -0.361 e. The van der Waals surface area contributed by atoms with Crippen LogP contribution in [-0.4, -0.2) is 20.7 Å². The molecule has 2 heterocycles. The molecule has 0 atom stereocenters. The van der Waals surface area contributed by atoms with Crippen LogP contribution in [0.15, 0.2) is 40.2 Å². The second kappa shape index (κ2) is 6.49. The van der Waals surface area contributed by atoms with E-state index < -0.39 is 0 Å². The van der Waals surface area contributed by atoms with Crippen LogP contribution in [0.1, 0.15) is 16.7 Å². The molecule has 6 heteroatoms. The molecule has 2 aromatic heterocycles. The van der Waals surface area contributed by atoms with E-state index in [0.29, 0.717) is 12.1 Å². The van der Waals surface area contributed by atoms with E-state index in [4.69, 9.17) is 0 Å². The summed E-state index contributed by atoms with van der Waals surface area (Å²) in [6.07, 6.45) is 4.52. The van der Waals surface area contributed by atoms with E-state index in [-0.39, 0.29) is 11.2 Å². The molecule has 0 unspecified atom stereocenters. The number of aryl methyl sites for hydroxylation is 2. The molecule has 0 amide bonds. The van der Waals surface area contributed by atoms with Gasteiger partial charge < -0.3 is 14.9 Å². The summed E-state index contributed by atoms with van der Waals surface area (Å²) in [5.41, 5.74) is 3.72. The molecule has 1 aromatic carbocycles. The summed E-state index contributed by atoms with van der Waals surface area (Å²) in [5.74, 6) is 0. The Morgan fingerprint density at radius 2 is 1.96 bits per heavy atom. The molecule has 0 fully saturated rings. The molecule has 0 spiro atoms. The number of aromatic nitrogens is 3. The molecule has 24 heavy (non-hydrogen) atoms. The topological polar surface area (TPSA) is 71.8 Å². The monoisotopic (exact) mass is 326 g/mol. The third-order valence-corrected chi connectivity index (χ3v) is 4.40. The molecule has 3 aromatic rings. The molecule has 126 valence electrons. The minimum atomic E-state index is -0.307. The first-order chi connectivity index (χ1) is 11.5. The summed E-state index contributed by atoms with van der Waals surface area (Å²) in [6, 6.07) is 6.24. The largest absolute Gasteiger partial charge is 0.361 e. The number of rotatable bonds is 5. The summed E-state index contributed by atoms with van der Waals surface area (Å²) in [4.78, 5) is 27.1. The van der Waals surface area contributed by atoms with Gasteiger partial charge in [-0.3, -0.25) is 9.36 Å². The lowest BCUT2D eigenvalue weighted by molar-refractivity contribution is 0.630. The van der Waals surface area contributed by atoms with Crippen LogP contribution in [0.25, 0.3) is 10.9 Å². The molecular formula is C18H22N4O2. The molecule has 0 aliphatic heterocycles. The Labute approximate surface area is 139 Å². The van der Waals surface area contributed by atoms with E-state index in [9.17, 15) is 9.59 Å². The van der Waals surface area contributed by atoms with Crippen molar-refractivity contribution >= 4 is 10.9 Å². The van der Waals surface area contributed by atoms with Gasteiger partial charge in [0.05, 0.1) is 0 Å². The number of hydrogen-bond acceptors (Lipinski definition) is 3. The second-order valence-corrected chi connectivity index (χ2v) is 6.15. The van der Waals surface area contributed by atoms with E-state index >= 15 is 0 Å². The molecule has 0 saturated carbocycles. The molecule has 2 N–H and O–H groups in total. The van der Waals surface area contributed by atoms with Crippen LogP contribution in [0.3, 0.4) is 0 Å². The van der Waals surface area contributed by atoms with Gasteiger partial charge in [-0.25, -0.2) is 4.79 Å². The number of H-pyrrole nitrogens is 1. The highest BCUT2D eigenvalue weighted by Crippen LogP contribution is 2.22. The Hall–Kier alpha value is -2.60. The van der Waals surface area contributed by atoms with Gasteiger partial charge in [-0.15, -0.1) is 0 Å². The Bertz CT molecular complexity index is 994. The Morgan fingerprint density at radius 1 is 1.17 bits per heavy atom. The fraction of sp³-hybridized carbons (Fsp3) is 0.333. The van der Waals surface area contributed by atoms with E-state index in [1.54, 1.807) is 13.2 Å². The fourth-order valence-corrected chi connectivity index (χ4v) is 3.10. The predicted octanol–water partition coefficient (Wildman–Crippen LogP) is 1.21. The zero-order valence-electron chi connectivity index (χ0n) is 14.2. The summed E-state index contributed by atoms with van der Waals surface area (Å²) < 4.78 is 2.57.